The number of nitrogens with zero attached hydrogens (tertiary/aromatic N) is 1. The molecule has 2 N–H and O–H groups in total. The SMILES string of the molecule is NS(=O)(=O)c1ccc(-c2cccnc2-c2cccc(Cl)c2)cc1F. The molecule has 0 fully saturated rings. The van der Waals surface area contributed by atoms with Gasteiger partial charge in [-0.15, -0.1) is 0 Å². The molecule has 0 aliphatic heterocycles. The lowest BCUT2D eigenvalue weighted by atomic mass is 9.99. The molecular formula is C17H12ClFN2O2S. The van der Waals surface area contributed by atoms with E-state index in [1.165, 1.54) is 6.07 Å². The molecule has 24 heavy (non-hydrogen) atoms. The summed E-state index contributed by atoms with van der Waals surface area (Å²) in [6.07, 6.45) is 1.62. The van der Waals surface area contributed by atoms with Crippen LogP contribution >= 0.6 is 11.6 Å². The van der Waals surface area contributed by atoms with Gasteiger partial charge >= 0.3 is 0 Å². The molecule has 0 aliphatic rings. The quantitative estimate of drug-likeness (QED) is 0.769. The van der Waals surface area contributed by atoms with Crippen molar-refractivity contribution < 1.29 is 12.8 Å². The molecule has 0 amide bonds. The summed E-state index contributed by atoms with van der Waals surface area (Å²) >= 11 is 6.02. The van der Waals surface area contributed by atoms with Gasteiger partial charge < -0.3 is 0 Å². The van der Waals surface area contributed by atoms with E-state index in [2.05, 4.69) is 4.98 Å². The lowest BCUT2D eigenvalue weighted by molar-refractivity contribution is 0.568. The van der Waals surface area contributed by atoms with Crippen molar-refractivity contribution in [3.05, 3.63) is 71.6 Å². The van der Waals surface area contributed by atoms with E-state index in [1.54, 1.807) is 36.5 Å². The predicted molar refractivity (Wildman–Crippen MR) is 91.5 cm³/mol. The Kier molecular flexibility index (Phi) is 4.36. The van der Waals surface area contributed by atoms with Crippen molar-refractivity contribution in [3.63, 3.8) is 0 Å². The second-order valence-electron chi connectivity index (χ2n) is 5.10. The fraction of sp³-hybridized carbons (Fsp3) is 0. The second kappa shape index (κ2) is 6.32. The molecule has 0 saturated carbocycles. The number of hydrogen-bond acceptors (Lipinski definition) is 3. The van der Waals surface area contributed by atoms with E-state index in [0.717, 1.165) is 17.7 Å². The summed E-state index contributed by atoms with van der Waals surface area (Å²) < 4.78 is 36.8. The zero-order valence-electron chi connectivity index (χ0n) is 12.3. The highest BCUT2D eigenvalue weighted by Crippen LogP contribution is 2.32. The van der Waals surface area contributed by atoms with E-state index in [1.807, 2.05) is 6.07 Å². The highest BCUT2D eigenvalue weighted by atomic mass is 35.5. The molecule has 1 aromatic heterocycles. The second-order valence-corrected chi connectivity index (χ2v) is 7.07. The molecule has 0 aliphatic carbocycles. The molecule has 0 atom stereocenters. The van der Waals surface area contributed by atoms with Crippen LogP contribution in [0.1, 0.15) is 0 Å². The Balaban J connectivity index is 2.16. The summed E-state index contributed by atoms with van der Waals surface area (Å²) in [5, 5.41) is 5.54. The van der Waals surface area contributed by atoms with Crippen LogP contribution in [-0.4, -0.2) is 13.4 Å². The minimum atomic E-state index is -4.11. The molecule has 3 aromatic rings. The highest BCUT2D eigenvalue weighted by molar-refractivity contribution is 7.89. The van der Waals surface area contributed by atoms with Gasteiger partial charge in [-0.2, -0.15) is 0 Å². The Morgan fingerprint density at radius 3 is 2.46 bits per heavy atom. The molecule has 3 rings (SSSR count). The largest absolute Gasteiger partial charge is 0.256 e. The number of pyridine rings is 1. The van der Waals surface area contributed by atoms with E-state index >= 15 is 0 Å². The molecule has 0 radical (unpaired) electrons. The zero-order valence-corrected chi connectivity index (χ0v) is 13.9. The van der Waals surface area contributed by atoms with E-state index in [9.17, 15) is 12.8 Å². The van der Waals surface area contributed by atoms with Gasteiger partial charge in [0.25, 0.3) is 0 Å². The maximum atomic E-state index is 14.1. The monoisotopic (exact) mass is 362 g/mol. The third kappa shape index (κ3) is 3.31. The van der Waals surface area contributed by atoms with Crippen LogP contribution in [0.2, 0.25) is 5.02 Å². The first kappa shape index (κ1) is 16.6. The van der Waals surface area contributed by atoms with Gasteiger partial charge in [0, 0.05) is 22.3 Å². The summed E-state index contributed by atoms with van der Waals surface area (Å²) in [5.41, 5.74) is 2.53. The molecule has 2 aromatic carbocycles. The van der Waals surface area contributed by atoms with E-state index < -0.39 is 20.7 Å². The first-order valence-corrected chi connectivity index (χ1v) is 8.82. The number of aromatic nitrogens is 1. The molecule has 4 nitrogen and oxygen atoms in total. The van der Waals surface area contributed by atoms with Gasteiger partial charge in [-0.05, 0) is 35.9 Å². The van der Waals surface area contributed by atoms with Crippen LogP contribution in [0.25, 0.3) is 22.4 Å². The van der Waals surface area contributed by atoms with Gasteiger partial charge in [0.2, 0.25) is 10.0 Å². The number of nitrogens with two attached hydrogens (primary N) is 1. The van der Waals surface area contributed by atoms with Crippen LogP contribution in [-0.2, 0) is 10.0 Å². The summed E-state index contributed by atoms with van der Waals surface area (Å²) in [4.78, 5) is 3.80. The van der Waals surface area contributed by atoms with Crippen LogP contribution in [0.4, 0.5) is 4.39 Å². The van der Waals surface area contributed by atoms with Gasteiger partial charge in [-0.3, -0.25) is 4.98 Å². The Morgan fingerprint density at radius 2 is 1.79 bits per heavy atom. The smallest absolute Gasteiger partial charge is 0.240 e. The van der Waals surface area contributed by atoms with Crippen molar-refractivity contribution in [1.82, 2.24) is 4.98 Å². The topological polar surface area (TPSA) is 73.1 Å². The average Bonchev–Trinajstić information content (AvgIpc) is 2.53. The molecule has 1 heterocycles. The maximum absolute atomic E-state index is 14.1. The Morgan fingerprint density at radius 1 is 1.00 bits per heavy atom. The number of benzene rings is 2. The van der Waals surface area contributed by atoms with Gasteiger partial charge in [0.1, 0.15) is 10.7 Å². The number of halogens is 2. The van der Waals surface area contributed by atoms with E-state index in [4.69, 9.17) is 16.7 Å². The van der Waals surface area contributed by atoms with Crippen molar-refractivity contribution >= 4 is 21.6 Å². The molecular weight excluding hydrogens is 351 g/mol. The first-order valence-electron chi connectivity index (χ1n) is 6.90. The molecule has 0 spiro atoms. The Hall–Kier alpha value is -2.28. The van der Waals surface area contributed by atoms with Crippen molar-refractivity contribution in [3.8, 4) is 22.4 Å². The summed E-state index contributed by atoms with van der Waals surface area (Å²) in [6, 6.07) is 14.4. The summed E-state index contributed by atoms with van der Waals surface area (Å²) in [6.45, 7) is 0. The number of rotatable bonds is 3. The average molecular weight is 363 g/mol. The van der Waals surface area contributed by atoms with Crippen molar-refractivity contribution in [2.24, 2.45) is 5.14 Å². The van der Waals surface area contributed by atoms with E-state index in [-0.39, 0.29) is 0 Å². The van der Waals surface area contributed by atoms with Crippen molar-refractivity contribution in [1.29, 1.82) is 0 Å². The lowest BCUT2D eigenvalue weighted by Gasteiger charge is -2.10. The Labute approximate surface area is 143 Å². The summed E-state index contributed by atoms with van der Waals surface area (Å²) in [7, 11) is -4.11. The van der Waals surface area contributed by atoms with Gasteiger partial charge in [0.05, 0.1) is 5.69 Å². The zero-order chi connectivity index (χ0) is 17.3. The number of sulfonamides is 1. The fourth-order valence-electron chi connectivity index (χ4n) is 2.40. The standard InChI is InChI=1S/C17H12ClFN2O2S/c18-13-4-1-3-12(9-13)17-14(5-2-8-21-17)11-6-7-16(15(19)10-11)24(20,22)23/h1-10H,(H2,20,22,23). The third-order valence-electron chi connectivity index (χ3n) is 3.46. The molecule has 0 saturated heterocycles. The normalized spacial score (nSPS) is 11.5. The van der Waals surface area contributed by atoms with Crippen LogP contribution in [0, 0.1) is 5.82 Å². The van der Waals surface area contributed by atoms with Crippen molar-refractivity contribution in [2.45, 2.75) is 4.90 Å². The fourth-order valence-corrected chi connectivity index (χ4v) is 3.18. The lowest BCUT2D eigenvalue weighted by Crippen LogP contribution is -2.13. The van der Waals surface area contributed by atoms with Gasteiger partial charge in [0.15, 0.2) is 0 Å². The van der Waals surface area contributed by atoms with Crippen LogP contribution in [0.15, 0.2) is 65.7 Å². The number of primary sulfonamides is 1. The number of hydrogen-bond donors (Lipinski definition) is 1. The minimum Gasteiger partial charge on any atom is -0.256 e. The molecule has 0 unspecified atom stereocenters. The minimum absolute atomic E-state index is 0.489. The third-order valence-corrected chi connectivity index (χ3v) is 4.63. The summed E-state index contributed by atoms with van der Waals surface area (Å²) in [5.74, 6) is -0.907. The Bertz CT molecular complexity index is 1020. The highest BCUT2D eigenvalue weighted by Gasteiger charge is 2.16. The van der Waals surface area contributed by atoms with Gasteiger partial charge in [-0.1, -0.05) is 35.9 Å². The van der Waals surface area contributed by atoms with Crippen LogP contribution < -0.4 is 5.14 Å². The first-order chi connectivity index (χ1) is 11.4. The van der Waals surface area contributed by atoms with E-state index in [0.29, 0.717) is 21.8 Å². The molecule has 7 heteroatoms. The molecule has 0 bridgehead atoms. The van der Waals surface area contributed by atoms with Crippen LogP contribution in [0.5, 0.6) is 0 Å². The predicted octanol–water partition coefficient (Wildman–Crippen LogP) is 3.86. The van der Waals surface area contributed by atoms with Crippen LogP contribution in [0.3, 0.4) is 0 Å². The maximum Gasteiger partial charge on any atom is 0.240 e. The molecule has 122 valence electrons. The van der Waals surface area contributed by atoms with Gasteiger partial charge in [-0.25, -0.2) is 17.9 Å². The van der Waals surface area contributed by atoms with Crippen molar-refractivity contribution in [2.75, 3.05) is 0 Å².